The monoisotopic (exact) mass is 265 g/mol. The molecule has 0 radical (unpaired) electrons. The standard InChI is InChI=1S/C14H23N3S/c1-3-6-12-11(9-15-2)10-16-14(17-12)13-7-4-5-8-18-13/h10,13,15H,3-9H2,1-2H3. The molecule has 1 aromatic heterocycles. The van der Waals surface area contributed by atoms with E-state index in [-0.39, 0.29) is 0 Å². The molecule has 0 amide bonds. The summed E-state index contributed by atoms with van der Waals surface area (Å²) in [5.41, 5.74) is 2.49. The van der Waals surface area contributed by atoms with Gasteiger partial charge in [0.05, 0.1) is 5.25 Å². The average Bonchev–Trinajstić information content (AvgIpc) is 2.42. The summed E-state index contributed by atoms with van der Waals surface area (Å²) < 4.78 is 0. The molecule has 2 heterocycles. The summed E-state index contributed by atoms with van der Waals surface area (Å²) in [5.74, 6) is 2.32. The van der Waals surface area contributed by atoms with E-state index in [0.29, 0.717) is 5.25 Å². The first-order valence-electron chi connectivity index (χ1n) is 6.96. The molecule has 1 fully saturated rings. The van der Waals surface area contributed by atoms with Crippen LogP contribution in [0, 0.1) is 0 Å². The Bertz CT molecular complexity index is 375. The molecule has 1 aliphatic heterocycles. The van der Waals surface area contributed by atoms with Gasteiger partial charge in [0.2, 0.25) is 0 Å². The molecule has 1 aliphatic rings. The normalized spacial score (nSPS) is 20.0. The van der Waals surface area contributed by atoms with Gasteiger partial charge in [-0.05, 0) is 32.1 Å². The molecule has 100 valence electrons. The van der Waals surface area contributed by atoms with Gasteiger partial charge in [-0.1, -0.05) is 19.8 Å². The molecule has 1 unspecified atom stereocenters. The Labute approximate surface area is 114 Å². The first-order chi connectivity index (χ1) is 8.85. The Morgan fingerprint density at radius 2 is 2.33 bits per heavy atom. The highest BCUT2D eigenvalue weighted by Crippen LogP contribution is 2.36. The van der Waals surface area contributed by atoms with Gasteiger partial charge < -0.3 is 5.32 Å². The van der Waals surface area contributed by atoms with E-state index >= 15 is 0 Å². The molecule has 1 atom stereocenters. The lowest BCUT2D eigenvalue weighted by Gasteiger charge is -2.21. The fourth-order valence-corrected chi connectivity index (χ4v) is 3.60. The molecule has 2 rings (SSSR count). The predicted octanol–water partition coefficient (Wildman–Crippen LogP) is 3.11. The number of nitrogens with one attached hydrogen (secondary N) is 1. The molecule has 1 N–H and O–H groups in total. The fourth-order valence-electron chi connectivity index (χ4n) is 2.35. The molecule has 3 nitrogen and oxygen atoms in total. The van der Waals surface area contributed by atoms with Crippen LogP contribution in [0.25, 0.3) is 0 Å². The van der Waals surface area contributed by atoms with E-state index < -0.39 is 0 Å². The zero-order chi connectivity index (χ0) is 12.8. The van der Waals surface area contributed by atoms with Crippen LogP contribution in [0.3, 0.4) is 0 Å². The minimum Gasteiger partial charge on any atom is -0.316 e. The number of aromatic nitrogens is 2. The van der Waals surface area contributed by atoms with Crippen molar-refractivity contribution in [3.05, 3.63) is 23.3 Å². The van der Waals surface area contributed by atoms with Crippen molar-refractivity contribution < 1.29 is 0 Å². The number of nitrogens with zero attached hydrogens (tertiary/aromatic N) is 2. The molecule has 0 saturated carbocycles. The first kappa shape index (κ1) is 13.8. The third kappa shape index (κ3) is 3.45. The third-order valence-electron chi connectivity index (χ3n) is 3.29. The van der Waals surface area contributed by atoms with Gasteiger partial charge in [-0.15, -0.1) is 0 Å². The number of hydrogen-bond donors (Lipinski definition) is 1. The van der Waals surface area contributed by atoms with E-state index in [1.807, 2.05) is 25.0 Å². The quantitative estimate of drug-likeness (QED) is 0.887. The second kappa shape index (κ2) is 7.10. The van der Waals surface area contributed by atoms with Crippen LogP contribution in [0.2, 0.25) is 0 Å². The number of aryl methyl sites for hydroxylation is 1. The maximum absolute atomic E-state index is 4.83. The zero-order valence-corrected chi connectivity index (χ0v) is 12.2. The SMILES string of the molecule is CCCc1nc(C2CCCCS2)ncc1CNC. The number of rotatable bonds is 5. The van der Waals surface area contributed by atoms with Crippen LogP contribution < -0.4 is 5.32 Å². The van der Waals surface area contributed by atoms with Crippen molar-refractivity contribution in [2.45, 2.75) is 50.8 Å². The highest BCUT2D eigenvalue weighted by molar-refractivity contribution is 7.99. The van der Waals surface area contributed by atoms with Gasteiger partial charge >= 0.3 is 0 Å². The summed E-state index contributed by atoms with van der Waals surface area (Å²) in [7, 11) is 1.97. The van der Waals surface area contributed by atoms with Crippen LogP contribution in [0.1, 0.15) is 54.9 Å². The van der Waals surface area contributed by atoms with Crippen molar-refractivity contribution in [3.8, 4) is 0 Å². The van der Waals surface area contributed by atoms with E-state index in [1.165, 1.54) is 36.3 Å². The summed E-state index contributed by atoms with van der Waals surface area (Å²) in [4.78, 5) is 9.42. The van der Waals surface area contributed by atoms with E-state index in [9.17, 15) is 0 Å². The Morgan fingerprint density at radius 1 is 1.44 bits per heavy atom. The molecule has 0 spiro atoms. The van der Waals surface area contributed by atoms with Crippen LogP contribution in [-0.4, -0.2) is 22.8 Å². The molecule has 0 bridgehead atoms. The summed E-state index contributed by atoms with van der Waals surface area (Å²) >= 11 is 2.02. The van der Waals surface area contributed by atoms with Crippen LogP contribution in [0.4, 0.5) is 0 Å². The molecule has 18 heavy (non-hydrogen) atoms. The van der Waals surface area contributed by atoms with Gasteiger partial charge in [0.25, 0.3) is 0 Å². The van der Waals surface area contributed by atoms with Gasteiger partial charge in [0, 0.05) is 24.0 Å². The molecule has 0 aromatic carbocycles. The smallest absolute Gasteiger partial charge is 0.141 e. The minimum atomic E-state index is 0.526. The lowest BCUT2D eigenvalue weighted by atomic mass is 10.1. The number of hydrogen-bond acceptors (Lipinski definition) is 4. The summed E-state index contributed by atoms with van der Waals surface area (Å²) in [6, 6.07) is 0. The molecule has 1 aromatic rings. The second-order valence-electron chi connectivity index (χ2n) is 4.84. The Hall–Kier alpha value is -0.610. The van der Waals surface area contributed by atoms with Crippen LogP contribution in [0.5, 0.6) is 0 Å². The van der Waals surface area contributed by atoms with Gasteiger partial charge in [-0.2, -0.15) is 11.8 Å². The van der Waals surface area contributed by atoms with Crippen molar-refractivity contribution in [2.24, 2.45) is 0 Å². The second-order valence-corrected chi connectivity index (χ2v) is 6.15. The topological polar surface area (TPSA) is 37.8 Å². The maximum atomic E-state index is 4.83. The van der Waals surface area contributed by atoms with E-state index in [2.05, 4.69) is 17.2 Å². The van der Waals surface area contributed by atoms with Crippen LogP contribution >= 0.6 is 11.8 Å². The van der Waals surface area contributed by atoms with Crippen LogP contribution in [-0.2, 0) is 13.0 Å². The first-order valence-corrected chi connectivity index (χ1v) is 8.01. The lowest BCUT2D eigenvalue weighted by Crippen LogP contribution is -2.13. The Morgan fingerprint density at radius 3 is 3.00 bits per heavy atom. The van der Waals surface area contributed by atoms with Gasteiger partial charge in [-0.25, -0.2) is 9.97 Å². The Balaban J connectivity index is 2.18. The van der Waals surface area contributed by atoms with Crippen molar-refractivity contribution >= 4 is 11.8 Å². The minimum absolute atomic E-state index is 0.526. The van der Waals surface area contributed by atoms with Gasteiger partial charge in [0.1, 0.15) is 5.82 Å². The molecule has 1 saturated heterocycles. The molecule has 4 heteroatoms. The summed E-state index contributed by atoms with van der Waals surface area (Å²) in [5, 5.41) is 3.72. The summed E-state index contributed by atoms with van der Waals surface area (Å²) in [6.45, 7) is 3.08. The average molecular weight is 265 g/mol. The van der Waals surface area contributed by atoms with Gasteiger partial charge in [0.15, 0.2) is 0 Å². The Kier molecular flexibility index (Phi) is 5.45. The highest BCUT2D eigenvalue weighted by Gasteiger charge is 2.19. The van der Waals surface area contributed by atoms with E-state index in [0.717, 1.165) is 25.2 Å². The van der Waals surface area contributed by atoms with Crippen molar-refractivity contribution in [1.82, 2.24) is 15.3 Å². The van der Waals surface area contributed by atoms with E-state index in [1.54, 1.807) is 0 Å². The third-order valence-corrected chi connectivity index (χ3v) is 4.67. The zero-order valence-electron chi connectivity index (χ0n) is 11.4. The molecule has 0 aliphatic carbocycles. The molecular formula is C14H23N3S. The van der Waals surface area contributed by atoms with Crippen LogP contribution in [0.15, 0.2) is 6.20 Å². The van der Waals surface area contributed by atoms with E-state index in [4.69, 9.17) is 4.98 Å². The summed E-state index contributed by atoms with van der Waals surface area (Å²) in [6.07, 6.45) is 8.14. The predicted molar refractivity (Wildman–Crippen MR) is 77.8 cm³/mol. The maximum Gasteiger partial charge on any atom is 0.141 e. The fraction of sp³-hybridized carbons (Fsp3) is 0.714. The van der Waals surface area contributed by atoms with Crippen molar-refractivity contribution in [3.63, 3.8) is 0 Å². The largest absolute Gasteiger partial charge is 0.316 e. The van der Waals surface area contributed by atoms with Gasteiger partial charge in [-0.3, -0.25) is 0 Å². The highest BCUT2D eigenvalue weighted by atomic mass is 32.2. The lowest BCUT2D eigenvalue weighted by molar-refractivity contribution is 0.652. The molecular weight excluding hydrogens is 242 g/mol. The van der Waals surface area contributed by atoms with Crippen molar-refractivity contribution in [1.29, 1.82) is 0 Å². The van der Waals surface area contributed by atoms with Crippen molar-refractivity contribution in [2.75, 3.05) is 12.8 Å². The number of thioether (sulfide) groups is 1.